The van der Waals surface area contributed by atoms with Gasteiger partial charge in [0.15, 0.2) is 0 Å². The molecule has 3 aromatic heterocycles. The van der Waals surface area contributed by atoms with Crippen LogP contribution in [0.15, 0.2) is 58.4 Å². The summed E-state index contributed by atoms with van der Waals surface area (Å²) in [5.74, 6) is 0.489. The van der Waals surface area contributed by atoms with E-state index in [1.807, 2.05) is 0 Å². The SMILES string of the molecule is Cc1cn([C@H]2C[C@H](n3cc(CNC(=O)CCCCCOc4ccc5c(c4)-c4nc6ccc(F)cc6nc4[C@@H]4C(C)(C)CCC[C@]54C)nn3)[C@@H](CO)O2)c(=O)[nH]c1=O. The van der Waals surface area contributed by atoms with Gasteiger partial charge in [-0.1, -0.05) is 38.5 Å². The Hall–Kier alpha value is -5.28. The van der Waals surface area contributed by atoms with Gasteiger partial charge in [-0.25, -0.2) is 23.8 Å². The van der Waals surface area contributed by atoms with Crippen LogP contribution in [-0.4, -0.2) is 64.8 Å². The molecule has 1 aliphatic heterocycles. The number of halogens is 1. The Labute approximate surface area is 328 Å². The minimum Gasteiger partial charge on any atom is -0.494 e. The second kappa shape index (κ2) is 15.2. The number of hydrogen-bond donors (Lipinski definition) is 3. The fourth-order valence-electron chi connectivity index (χ4n) is 9.49. The van der Waals surface area contributed by atoms with Gasteiger partial charge in [-0.2, -0.15) is 0 Å². The fourth-order valence-corrected chi connectivity index (χ4v) is 9.49. The van der Waals surface area contributed by atoms with Crippen molar-refractivity contribution in [2.24, 2.45) is 5.41 Å². The van der Waals surface area contributed by atoms with E-state index in [9.17, 15) is 23.9 Å². The summed E-state index contributed by atoms with van der Waals surface area (Å²) in [4.78, 5) is 49.3. The number of aryl methyl sites for hydroxylation is 1. The van der Waals surface area contributed by atoms with Gasteiger partial charge in [-0.15, -0.1) is 5.10 Å². The lowest BCUT2D eigenvalue weighted by Crippen LogP contribution is -2.46. The monoisotopic (exact) mass is 780 g/mol. The van der Waals surface area contributed by atoms with Crippen molar-refractivity contribution in [3.05, 3.63) is 98.0 Å². The van der Waals surface area contributed by atoms with Crippen molar-refractivity contribution in [3.8, 4) is 17.0 Å². The number of hydrogen-bond acceptors (Lipinski definition) is 10. The van der Waals surface area contributed by atoms with Crippen molar-refractivity contribution < 1.29 is 23.8 Å². The van der Waals surface area contributed by atoms with Gasteiger partial charge < -0.3 is 19.9 Å². The zero-order valence-corrected chi connectivity index (χ0v) is 32.8. The summed E-state index contributed by atoms with van der Waals surface area (Å²) in [6.45, 7) is 8.97. The quantitative estimate of drug-likeness (QED) is 0.136. The van der Waals surface area contributed by atoms with Crippen molar-refractivity contribution in [1.82, 2.24) is 39.8 Å². The summed E-state index contributed by atoms with van der Waals surface area (Å²) in [6.07, 6.45) is 8.01. The number of rotatable bonds is 12. The average Bonchev–Trinajstić information content (AvgIpc) is 3.83. The Balaban J connectivity index is 0.835. The van der Waals surface area contributed by atoms with Gasteiger partial charge in [0.25, 0.3) is 5.56 Å². The van der Waals surface area contributed by atoms with Crippen LogP contribution in [-0.2, 0) is 21.5 Å². The highest BCUT2D eigenvalue weighted by atomic mass is 19.1. The molecule has 0 unspecified atom stereocenters. The first kappa shape index (κ1) is 38.6. The summed E-state index contributed by atoms with van der Waals surface area (Å²) in [7, 11) is 0. The Morgan fingerprint density at radius 3 is 2.74 bits per heavy atom. The highest BCUT2D eigenvalue weighted by Gasteiger charge is 2.53. The summed E-state index contributed by atoms with van der Waals surface area (Å²) in [5.41, 5.74) is 5.06. The molecule has 3 aliphatic rings. The number of amides is 1. The number of H-pyrrole nitrogens is 1. The zero-order chi connectivity index (χ0) is 40.1. The van der Waals surface area contributed by atoms with Crippen LogP contribution in [0.25, 0.3) is 22.3 Å². The smallest absolute Gasteiger partial charge is 0.330 e. The standard InChI is InChI=1S/C42H49FN8O6/c1-24-21-50(40(55)47-39(24)54)35-19-32(33(23-52)57-35)51-22-26(48-49-51)20-44-34(53)9-6-5-7-16-56-27-11-12-29-28(18-27)36-37(38-41(2,3)14-8-15-42(29,38)4)46-31-17-25(43)10-13-30(31)45-36/h10-13,17-18,21-22,32-33,35,38,52H,5-9,14-16,19-20,23H2,1-4H3,(H,44,53)(H,47,54,55)/t32-,33+,35+,38+,42+/m0/s1. The molecular weight excluding hydrogens is 732 g/mol. The molecular formula is C42H49FN8O6. The van der Waals surface area contributed by atoms with E-state index in [0.29, 0.717) is 48.2 Å². The lowest BCUT2D eigenvalue weighted by atomic mass is 9.50. The summed E-state index contributed by atoms with van der Waals surface area (Å²) < 4.78 is 29.3. The molecule has 15 heteroatoms. The Morgan fingerprint density at radius 1 is 1.07 bits per heavy atom. The van der Waals surface area contributed by atoms with E-state index in [-0.39, 0.29) is 41.6 Å². The number of fused-ring (bicyclic) bond motifs is 7. The van der Waals surface area contributed by atoms with Gasteiger partial charge in [0.05, 0.1) is 54.4 Å². The number of aromatic amines is 1. The molecule has 3 N–H and O–H groups in total. The summed E-state index contributed by atoms with van der Waals surface area (Å²) in [5, 5.41) is 21.3. The second-order valence-corrected chi connectivity index (χ2v) is 16.7. The number of aliphatic hydroxyl groups excluding tert-OH is 1. The number of nitrogens with zero attached hydrogens (tertiary/aromatic N) is 6. The number of aliphatic hydroxyl groups is 1. The van der Waals surface area contributed by atoms with Crippen LogP contribution in [0.2, 0.25) is 0 Å². The predicted octanol–water partition coefficient (Wildman–Crippen LogP) is 5.53. The number of benzene rings is 2. The highest BCUT2D eigenvalue weighted by molar-refractivity contribution is 5.82. The van der Waals surface area contributed by atoms with Gasteiger partial charge in [0.2, 0.25) is 5.91 Å². The van der Waals surface area contributed by atoms with Gasteiger partial charge in [0, 0.05) is 47.6 Å². The Morgan fingerprint density at radius 2 is 1.91 bits per heavy atom. The van der Waals surface area contributed by atoms with E-state index in [1.165, 1.54) is 28.5 Å². The Kier molecular flexibility index (Phi) is 10.3. The van der Waals surface area contributed by atoms with Crippen LogP contribution >= 0.6 is 0 Å². The van der Waals surface area contributed by atoms with Crippen LogP contribution in [0.1, 0.15) is 113 Å². The van der Waals surface area contributed by atoms with E-state index in [2.05, 4.69) is 59.6 Å². The fraction of sp³-hybridized carbons (Fsp3) is 0.500. The number of carbonyl (C=O) groups is 1. The summed E-state index contributed by atoms with van der Waals surface area (Å²) >= 11 is 0. The molecule has 1 saturated heterocycles. The van der Waals surface area contributed by atoms with Crippen molar-refractivity contribution in [3.63, 3.8) is 0 Å². The Bertz CT molecular complexity index is 2440. The third kappa shape index (κ3) is 7.38. The van der Waals surface area contributed by atoms with Crippen molar-refractivity contribution in [1.29, 1.82) is 0 Å². The van der Waals surface area contributed by atoms with Gasteiger partial charge in [-0.3, -0.25) is 19.1 Å². The summed E-state index contributed by atoms with van der Waals surface area (Å²) in [6, 6.07) is 10.5. The maximum atomic E-state index is 14.3. The van der Waals surface area contributed by atoms with E-state index in [0.717, 1.165) is 54.8 Å². The van der Waals surface area contributed by atoms with Gasteiger partial charge >= 0.3 is 5.69 Å². The van der Waals surface area contributed by atoms with Crippen molar-refractivity contribution >= 4 is 16.9 Å². The maximum absolute atomic E-state index is 14.3. The van der Waals surface area contributed by atoms with E-state index < -0.39 is 29.6 Å². The van der Waals surface area contributed by atoms with Gasteiger partial charge in [-0.05, 0) is 74.3 Å². The van der Waals surface area contributed by atoms with E-state index in [1.54, 1.807) is 23.9 Å². The maximum Gasteiger partial charge on any atom is 0.330 e. The molecule has 2 aromatic carbocycles. The molecule has 4 heterocycles. The topological polar surface area (TPSA) is 179 Å². The minimum atomic E-state index is -0.700. The molecule has 5 aromatic rings. The molecule has 0 spiro atoms. The van der Waals surface area contributed by atoms with E-state index >= 15 is 0 Å². The number of ether oxygens (including phenoxy) is 2. The average molecular weight is 781 g/mol. The molecule has 1 saturated carbocycles. The van der Waals surface area contributed by atoms with Crippen LogP contribution < -0.4 is 21.3 Å². The van der Waals surface area contributed by atoms with E-state index in [4.69, 9.17) is 19.4 Å². The number of aromatic nitrogens is 7. The van der Waals surface area contributed by atoms with Gasteiger partial charge in [0.1, 0.15) is 29.6 Å². The van der Waals surface area contributed by atoms with Crippen molar-refractivity contribution in [2.45, 2.75) is 115 Å². The first-order chi connectivity index (χ1) is 27.3. The molecule has 300 valence electrons. The molecule has 8 rings (SSSR count). The molecule has 1 amide bonds. The first-order valence-corrected chi connectivity index (χ1v) is 19.9. The third-order valence-electron chi connectivity index (χ3n) is 12.2. The molecule has 0 bridgehead atoms. The normalized spacial score (nSPS) is 23.5. The molecule has 2 fully saturated rings. The number of nitrogens with one attached hydrogen (secondary N) is 2. The first-order valence-electron chi connectivity index (χ1n) is 19.9. The highest BCUT2D eigenvalue weighted by Crippen LogP contribution is 2.62. The van der Waals surface area contributed by atoms with Crippen LogP contribution in [0.5, 0.6) is 5.75 Å². The number of unbranched alkanes of at least 4 members (excludes halogenated alkanes) is 2. The minimum absolute atomic E-state index is 0.000202. The van der Waals surface area contributed by atoms with Crippen LogP contribution in [0, 0.1) is 18.2 Å². The molecule has 14 nitrogen and oxygen atoms in total. The number of carbonyl (C=O) groups excluding carboxylic acids is 1. The molecule has 2 aliphatic carbocycles. The third-order valence-corrected chi connectivity index (χ3v) is 12.2. The van der Waals surface area contributed by atoms with Crippen molar-refractivity contribution in [2.75, 3.05) is 13.2 Å². The molecule has 0 radical (unpaired) electrons. The molecule has 57 heavy (non-hydrogen) atoms. The zero-order valence-electron chi connectivity index (χ0n) is 32.8. The van der Waals surface area contributed by atoms with Crippen LogP contribution in [0.4, 0.5) is 4.39 Å². The largest absolute Gasteiger partial charge is 0.494 e. The lowest BCUT2D eigenvalue weighted by molar-refractivity contribution is -0.121. The van der Waals surface area contributed by atoms with Crippen LogP contribution in [0.3, 0.4) is 0 Å². The molecule has 5 atom stereocenters. The predicted molar refractivity (Wildman–Crippen MR) is 209 cm³/mol. The lowest BCUT2D eigenvalue weighted by Gasteiger charge is -2.53. The second-order valence-electron chi connectivity index (χ2n) is 16.7.